The predicted molar refractivity (Wildman–Crippen MR) is 131 cm³/mol. The zero-order chi connectivity index (χ0) is 23.7. The standard InChI is InChI=1S/C23H36Cl2N2O4Si/c1-23(2,3)32(5,6)31-10-9-26-13-17(14-26)27-12-16(11-20(27)28)21-19(30-15-29-4)8-7-18(24)22(21)25/h7-8,16-17H,9-15H2,1-6H3/t16-/m1/s1. The molecule has 0 aromatic heterocycles. The summed E-state index contributed by atoms with van der Waals surface area (Å²) in [6.45, 7) is 15.5. The molecule has 1 amide bonds. The summed E-state index contributed by atoms with van der Waals surface area (Å²) in [7, 11) is -0.154. The maximum atomic E-state index is 12.8. The lowest BCUT2D eigenvalue weighted by Gasteiger charge is -2.45. The fourth-order valence-electron chi connectivity index (χ4n) is 4.02. The van der Waals surface area contributed by atoms with Crippen LogP contribution in [0.5, 0.6) is 5.75 Å². The molecule has 2 fully saturated rings. The first kappa shape index (κ1) is 25.8. The van der Waals surface area contributed by atoms with E-state index in [-0.39, 0.29) is 29.7 Å². The van der Waals surface area contributed by atoms with Gasteiger partial charge in [0, 0.05) is 57.8 Å². The van der Waals surface area contributed by atoms with E-state index in [0.29, 0.717) is 28.8 Å². The van der Waals surface area contributed by atoms with Crippen LogP contribution in [0, 0.1) is 0 Å². The summed E-state index contributed by atoms with van der Waals surface area (Å²) >= 11 is 12.8. The molecule has 0 N–H and O–H groups in total. The monoisotopic (exact) mass is 502 g/mol. The lowest BCUT2D eigenvalue weighted by atomic mass is 9.97. The van der Waals surface area contributed by atoms with E-state index in [9.17, 15) is 4.79 Å². The molecule has 1 aromatic carbocycles. The fourth-order valence-corrected chi connectivity index (χ4v) is 5.53. The molecule has 0 saturated carbocycles. The molecule has 0 radical (unpaired) electrons. The highest BCUT2D eigenvalue weighted by Crippen LogP contribution is 2.43. The van der Waals surface area contributed by atoms with Crippen LogP contribution in [0.25, 0.3) is 0 Å². The molecule has 1 atom stereocenters. The molecule has 0 spiro atoms. The first-order valence-electron chi connectivity index (χ1n) is 11.2. The largest absolute Gasteiger partial charge is 0.467 e. The number of benzene rings is 1. The number of carbonyl (C=O) groups is 1. The average Bonchev–Trinajstić information content (AvgIpc) is 3.04. The summed E-state index contributed by atoms with van der Waals surface area (Å²) in [5.41, 5.74) is 0.797. The van der Waals surface area contributed by atoms with Gasteiger partial charge in [-0.2, -0.15) is 0 Å². The molecule has 0 aliphatic carbocycles. The zero-order valence-corrected chi connectivity index (χ0v) is 22.6. The van der Waals surface area contributed by atoms with Crippen molar-refractivity contribution in [1.29, 1.82) is 0 Å². The smallest absolute Gasteiger partial charge is 0.223 e. The van der Waals surface area contributed by atoms with Crippen LogP contribution in [0.2, 0.25) is 28.2 Å². The normalized spacial score (nSPS) is 20.7. The van der Waals surface area contributed by atoms with Crippen molar-refractivity contribution < 1.29 is 18.7 Å². The van der Waals surface area contributed by atoms with Gasteiger partial charge in [-0.1, -0.05) is 44.0 Å². The first-order valence-corrected chi connectivity index (χ1v) is 14.9. The van der Waals surface area contributed by atoms with E-state index in [1.165, 1.54) is 0 Å². The summed E-state index contributed by atoms with van der Waals surface area (Å²) < 4.78 is 17.0. The summed E-state index contributed by atoms with van der Waals surface area (Å²) in [6, 6.07) is 3.74. The van der Waals surface area contributed by atoms with Gasteiger partial charge in [0.25, 0.3) is 0 Å². The van der Waals surface area contributed by atoms with E-state index in [0.717, 1.165) is 31.8 Å². The van der Waals surface area contributed by atoms with Gasteiger partial charge in [0.2, 0.25) is 5.91 Å². The second kappa shape index (κ2) is 10.2. The molecule has 0 unspecified atom stereocenters. The maximum absolute atomic E-state index is 12.8. The number of rotatable bonds is 9. The van der Waals surface area contributed by atoms with E-state index < -0.39 is 8.32 Å². The second-order valence-corrected chi connectivity index (χ2v) is 15.9. The number of carbonyl (C=O) groups excluding carboxylic acids is 1. The molecular formula is C23H36Cl2N2O4Si. The number of nitrogens with zero attached hydrogens (tertiary/aromatic N) is 2. The third kappa shape index (κ3) is 5.62. The lowest BCUT2D eigenvalue weighted by molar-refractivity contribution is -0.132. The molecule has 9 heteroatoms. The van der Waals surface area contributed by atoms with E-state index in [1.807, 2.05) is 4.90 Å². The van der Waals surface area contributed by atoms with Crippen molar-refractivity contribution in [3.8, 4) is 5.75 Å². The van der Waals surface area contributed by atoms with Gasteiger partial charge in [-0.15, -0.1) is 0 Å². The van der Waals surface area contributed by atoms with Crippen LogP contribution in [0.15, 0.2) is 12.1 Å². The van der Waals surface area contributed by atoms with Crippen molar-refractivity contribution in [3.05, 3.63) is 27.7 Å². The minimum absolute atomic E-state index is 0.0449. The van der Waals surface area contributed by atoms with Crippen LogP contribution in [0.3, 0.4) is 0 Å². The Balaban J connectivity index is 1.55. The highest BCUT2D eigenvalue weighted by Gasteiger charge is 2.42. The lowest BCUT2D eigenvalue weighted by Crippen LogP contribution is -2.60. The minimum Gasteiger partial charge on any atom is -0.467 e. The van der Waals surface area contributed by atoms with Crippen molar-refractivity contribution in [3.63, 3.8) is 0 Å². The van der Waals surface area contributed by atoms with E-state index in [4.69, 9.17) is 37.1 Å². The molecular weight excluding hydrogens is 467 g/mol. The molecule has 2 heterocycles. The van der Waals surface area contributed by atoms with Gasteiger partial charge in [0.15, 0.2) is 15.1 Å². The quantitative estimate of drug-likeness (QED) is 0.351. The Labute approximate surface area is 203 Å². The van der Waals surface area contributed by atoms with Gasteiger partial charge < -0.3 is 18.8 Å². The molecule has 2 saturated heterocycles. The van der Waals surface area contributed by atoms with Crippen LogP contribution in [0.4, 0.5) is 0 Å². The number of amides is 1. The summed E-state index contributed by atoms with van der Waals surface area (Å²) in [5, 5.41) is 1.14. The van der Waals surface area contributed by atoms with E-state index in [1.54, 1.807) is 19.2 Å². The van der Waals surface area contributed by atoms with Gasteiger partial charge in [0.1, 0.15) is 5.75 Å². The SMILES string of the molecule is COCOc1ccc(Cl)c(Cl)c1[C@@H]1CC(=O)N(C2CN(CCO[Si](C)(C)C(C)(C)C)C2)C1. The fraction of sp³-hybridized carbons (Fsp3) is 0.696. The van der Waals surface area contributed by atoms with Crippen molar-refractivity contribution in [1.82, 2.24) is 9.80 Å². The number of hydrogen-bond donors (Lipinski definition) is 0. The van der Waals surface area contributed by atoms with Gasteiger partial charge in [0.05, 0.1) is 16.1 Å². The second-order valence-electron chi connectivity index (χ2n) is 10.3. The maximum Gasteiger partial charge on any atom is 0.223 e. The molecule has 180 valence electrons. The summed E-state index contributed by atoms with van der Waals surface area (Å²) in [6.07, 6.45) is 0.411. The van der Waals surface area contributed by atoms with Crippen LogP contribution in [0.1, 0.15) is 38.7 Å². The number of ether oxygens (including phenoxy) is 2. The van der Waals surface area contributed by atoms with Gasteiger partial charge in [-0.3, -0.25) is 9.69 Å². The number of hydrogen-bond acceptors (Lipinski definition) is 5. The molecule has 1 aromatic rings. The third-order valence-corrected chi connectivity index (χ3v) is 12.4. The highest BCUT2D eigenvalue weighted by atomic mass is 35.5. The van der Waals surface area contributed by atoms with Crippen molar-refractivity contribution >= 4 is 37.4 Å². The molecule has 3 rings (SSSR count). The number of methoxy groups -OCH3 is 1. The Morgan fingerprint density at radius 1 is 1.16 bits per heavy atom. The molecule has 2 aliphatic heterocycles. The average molecular weight is 504 g/mol. The van der Waals surface area contributed by atoms with Crippen LogP contribution in [-0.2, 0) is 14.0 Å². The number of halogens is 2. The zero-order valence-electron chi connectivity index (χ0n) is 20.0. The highest BCUT2D eigenvalue weighted by molar-refractivity contribution is 6.74. The van der Waals surface area contributed by atoms with Gasteiger partial charge >= 0.3 is 0 Å². The Morgan fingerprint density at radius 2 is 1.84 bits per heavy atom. The van der Waals surface area contributed by atoms with Crippen molar-refractivity contribution in [2.24, 2.45) is 0 Å². The Hall–Kier alpha value is -0.833. The van der Waals surface area contributed by atoms with Crippen LogP contribution in [-0.4, -0.2) is 76.8 Å². The van der Waals surface area contributed by atoms with Gasteiger partial charge in [-0.05, 0) is 30.3 Å². The van der Waals surface area contributed by atoms with Gasteiger partial charge in [-0.25, -0.2) is 0 Å². The minimum atomic E-state index is -1.72. The molecule has 0 bridgehead atoms. The third-order valence-electron chi connectivity index (χ3n) is 7.05. The molecule has 32 heavy (non-hydrogen) atoms. The van der Waals surface area contributed by atoms with E-state index >= 15 is 0 Å². The Kier molecular flexibility index (Phi) is 8.22. The molecule has 6 nitrogen and oxygen atoms in total. The Morgan fingerprint density at radius 3 is 2.47 bits per heavy atom. The van der Waals surface area contributed by atoms with Crippen molar-refractivity contribution in [2.45, 2.75) is 57.3 Å². The van der Waals surface area contributed by atoms with E-state index in [2.05, 4.69) is 38.8 Å². The van der Waals surface area contributed by atoms with Crippen LogP contribution < -0.4 is 4.74 Å². The first-order chi connectivity index (χ1) is 14.9. The number of likely N-dealkylation sites (tertiary alicyclic amines) is 2. The van der Waals surface area contributed by atoms with Crippen molar-refractivity contribution in [2.75, 3.05) is 46.7 Å². The summed E-state index contributed by atoms with van der Waals surface area (Å²) in [5.74, 6) is 0.737. The topological polar surface area (TPSA) is 51.2 Å². The molecule has 2 aliphatic rings. The Bertz CT molecular complexity index is 825. The summed E-state index contributed by atoms with van der Waals surface area (Å²) in [4.78, 5) is 17.2. The van der Waals surface area contributed by atoms with Crippen LogP contribution >= 0.6 is 23.2 Å². The predicted octanol–water partition coefficient (Wildman–Crippen LogP) is 5.00.